The molecule has 0 radical (unpaired) electrons. The molecule has 2 amide bonds. The second-order valence-corrected chi connectivity index (χ2v) is 9.27. The van der Waals surface area contributed by atoms with E-state index in [0.29, 0.717) is 35.9 Å². The fourth-order valence-corrected chi connectivity index (χ4v) is 3.95. The first-order valence-electron chi connectivity index (χ1n) is 12.2. The van der Waals surface area contributed by atoms with Gasteiger partial charge < -0.3 is 4.74 Å². The van der Waals surface area contributed by atoms with Crippen molar-refractivity contribution in [1.29, 1.82) is 0 Å². The van der Waals surface area contributed by atoms with Crippen molar-refractivity contribution in [1.82, 2.24) is 4.90 Å². The first-order valence-corrected chi connectivity index (χ1v) is 12.2. The Hall–Kier alpha value is -3.54. The lowest BCUT2D eigenvalue weighted by molar-refractivity contribution is -0.136. The van der Waals surface area contributed by atoms with E-state index in [2.05, 4.69) is 13.8 Å². The Morgan fingerprint density at radius 3 is 1.89 bits per heavy atom. The third-order valence-electron chi connectivity index (χ3n) is 5.86. The molecular weight excluding hydrogens is 442 g/mol. The average molecular weight is 476 g/mol. The molecular formula is C29H33NO5. The first kappa shape index (κ1) is 26.1. The number of imide groups is 1. The van der Waals surface area contributed by atoms with Gasteiger partial charge in [-0.05, 0) is 55.0 Å². The molecule has 2 aromatic rings. The number of carbonyl (C=O) groups is 4. The largest absolute Gasteiger partial charge is 0.494 e. The highest BCUT2D eigenvalue weighted by Crippen LogP contribution is 2.17. The van der Waals surface area contributed by atoms with Gasteiger partial charge in [0.25, 0.3) is 11.8 Å². The van der Waals surface area contributed by atoms with Crippen LogP contribution in [-0.4, -0.2) is 41.4 Å². The average Bonchev–Trinajstić information content (AvgIpc) is 3.16. The van der Waals surface area contributed by atoms with Crippen LogP contribution >= 0.6 is 0 Å². The summed E-state index contributed by atoms with van der Waals surface area (Å²) < 4.78 is 5.74. The summed E-state index contributed by atoms with van der Waals surface area (Å²) in [5.41, 5.74) is 2.23. The van der Waals surface area contributed by atoms with Gasteiger partial charge in [0.15, 0.2) is 11.6 Å². The lowest BCUT2D eigenvalue weighted by Gasteiger charge is -2.13. The van der Waals surface area contributed by atoms with Gasteiger partial charge in [-0.3, -0.25) is 24.1 Å². The Kier molecular flexibility index (Phi) is 9.53. The van der Waals surface area contributed by atoms with Crippen molar-refractivity contribution in [2.24, 2.45) is 5.92 Å². The first-order chi connectivity index (χ1) is 16.8. The smallest absolute Gasteiger partial charge is 0.253 e. The highest BCUT2D eigenvalue weighted by atomic mass is 16.5. The van der Waals surface area contributed by atoms with Crippen molar-refractivity contribution in [3.63, 3.8) is 0 Å². The predicted molar refractivity (Wildman–Crippen MR) is 135 cm³/mol. The molecule has 0 aliphatic carbocycles. The van der Waals surface area contributed by atoms with Crippen LogP contribution in [0.15, 0.2) is 60.7 Å². The number of Topliss-reactive ketones (excluding diaryl/α,β-unsaturated/α-hetero) is 2. The van der Waals surface area contributed by atoms with Crippen molar-refractivity contribution in [2.75, 3.05) is 13.2 Å². The molecule has 0 atom stereocenters. The summed E-state index contributed by atoms with van der Waals surface area (Å²) in [7, 11) is 0. The zero-order valence-electron chi connectivity index (χ0n) is 20.5. The molecule has 0 saturated heterocycles. The van der Waals surface area contributed by atoms with Crippen LogP contribution in [0, 0.1) is 5.92 Å². The van der Waals surface area contributed by atoms with E-state index >= 15 is 0 Å². The van der Waals surface area contributed by atoms with E-state index in [9.17, 15) is 19.2 Å². The summed E-state index contributed by atoms with van der Waals surface area (Å²) >= 11 is 0. The number of unbranched alkanes of at least 4 members (excludes halogenated alkanes) is 3. The van der Waals surface area contributed by atoms with Crippen LogP contribution in [0.3, 0.4) is 0 Å². The topological polar surface area (TPSA) is 80.8 Å². The molecule has 1 aliphatic rings. The van der Waals surface area contributed by atoms with E-state index in [4.69, 9.17) is 4.74 Å². The Labute approximate surface area is 207 Å². The number of benzene rings is 2. The quantitative estimate of drug-likeness (QED) is 0.162. The van der Waals surface area contributed by atoms with Gasteiger partial charge in [0, 0.05) is 29.8 Å². The van der Waals surface area contributed by atoms with Gasteiger partial charge in [-0.2, -0.15) is 0 Å². The van der Waals surface area contributed by atoms with Gasteiger partial charge >= 0.3 is 0 Å². The summed E-state index contributed by atoms with van der Waals surface area (Å²) in [4.78, 5) is 49.3. The van der Waals surface area contributed by atoms with Crippen LogP contribution < -0.4 is 4.74 Å². The number of carbonyl (C=O) groups excluding carboxylic acids is 4. The van der Waals surface area contributed by atoms with Gasteiger partial charge in [0.2, 0.25) is 0 Å². The Bertz CT molecular complexity index is 1050. The van der Waals surface area contributed by atoms with Crippen LogP contribution in [0.25, 0.3) is 0 Å². The summed E-state index contributed by atoms with van der Waals surface area (Å²) in [5, 5.41) is 0. The molecule has 6 heteroatoms. The predicted octanol–water partition coefficient (Wildman–Crippen LogP) is 5.21. The fourth-order valence-electron chi connectivity index (χ4n) is 3.95. The van der Waals surface area contributed by atoms with Gasteiger partial charge in [-0.25, -0.2) is 0 Å². The number of ketones is 2. The molecule has 35 heavy (non-hydrogen) atoms. The maximum absolute atomic E-state index is 12.5. The lowest BCUT2D eigenvalue weighted by Crippen LogP contribution is -2.30. The molecule has 0 bridgehead atoms. The highest BCUT2D eigenvalue weighted by molar-refractivity contribution is 6.13. The molecule has 2 aromatic carbocycles. The third kappa shape index (κ3) is 8.02. The monoisotopic (exact) mass is 475 g/mol. The second-order valence-electron chi connectivity index (χ2n) is 9.27. The SMILES string of the molecule is CC(C)Cc1ccc(C(=O)CC(=O)c2ccc(OCCCCCCN3C(=O)C=CC3=O)cc2)cc1. The Morgan fingerprint density at radius 2 is 1.31 bits per heavy atom. The minimum Gasteiger partial charge on any atom is -0.494 e. The minimum absolute atomic E-state index is 0.158. The summed E-state index contributed by atoms with van der Waals surface area (Å²) in [6.07, 6.45) is 6.88. The van der Waals surface area contributed by atoms with E-state index in [-0.39, 0.29) is 29.8 Å². The summed E-state index contributed by atoms with van der Waals surface area (Å²) in [6, 6.07) is 14.4. The van der Waals surface area contributed by atoms with Crippen LogP contribution in [0.2, 0.25) is 0 Å². The van der Waals surface area contributed by atoms with Crippen LogP contribution in [-0.2, 0) is 16.0 Å². The molecule has 184 valence electrons. The minimum atomic E-state index is -0.236. The third-order valence-corrected chi connectivity index (χ3v) is 5.86. The lowest BCUT2D eigenvalue weighted by atomic mass is 9.98. The van der Waals surface area contributed by atoms with Crippen molar-refractivity contribution < 1.29 is 23.9 Å². The van der Waals surface area contributed by atoms with E-state index < -0.39 is 0 Å². The maximum atomic E-state index is 12.5. The fraction of sp³-hybridized carbons (Fsp3) is 0.379. The molecule has 0 fully saturated rings. The van der Waals surface area contributed by atoms with Crippen LogP contribution in [0.5, 0.6) is 5.75 Å². The van der Waals surface area contributed by atoms with Crippen molar-refractivity contribution in [2.45, 2.75) is 52.4 Å². The number of nitrogens with zero attached hydrogens (tertiary/aromatic N) is 1. The van der Waals surface area contributed by atoms with Crippen LogP contribution in [0.4, 0.5) is 0 Å². The summed E-state index contributed by atoms with van der Waals surface area (Å²) in [6.45, 7) is 5.30. The number of hydrogen-bond donors (Lipinski definition) is 0. The molecule has 0 spiro atoms. The molecule has 3 rings (SSSR count). The molecule has 0 unspecified atom stereocenters. The van der Waals surface area contributed by atoms with Crippen molar-refractivity contribution in [3.05, 3.63) is 77.4 Å². The normalized spacial score (nSPS) is 13.1. The van der Waals surface area contributed by atoms with Crippen molar-refractivity contribution in [3.8, 4) is 5.75 Å². The van der Waals surface area contributed by atoms with E-state index in [0.717, 1.165) is 32.1 Å². The standard InChI is InChI=1S/C29H33NO5/c1-21(2)19-22-7-9-23(10-8-22)26(31)20-27(32)24-11-13-25(14-12-24)35-18-6-4-3-5-17-30-28(33)15-16-29(30)34/h7-16,21H,3-6,17-20H2,1-2H3. The molecule has 0 N–H and O–H groups in total. The molecule has 6 nitrogen and oxygen atoms in total. The zero-order chi connectivity index (χ0) is 25.2. The maximum Gasteiger partial charge on any atom is 0.253 e. The molecule has 0 aromatic heterocycles. The van der Waals surface area contributed by atoms with E-state index in [1.165, 1.54) is 22.6 Å². The van der Waals surface area contributed by atoms with Gasteiger partial charge in [0.1, 0.15) is 5.75 Å². The number of hydrogen-bond acceptors (Lipinski definition) is 5. The molecule has 1 aliphatic heterocycles. The second kappa shape index (κ2) is 12.8. The zero-order valence-corrected chi connectivity index (χ0v) is 20.5. The number of ether oxygens (including phenoxy) is 1. The van der Waals surface area contributed by atoms with Crippen LogP contribution in [0.1, 0.15) is 72.2 Å². The van der Waals surface area contributed by atoms with Gasteiger partial charge in [0.05, 0.1) is 13.0 Å². The van der Waals surface area contributed by atoms with Gasteiger partial charge in [-0.1, -0.05) is 51.0 Å². The Morgan fingerprint density at radius 1 is 0.771 bits per heavy atom. The Balaban J connectivity index is 1.34. The molecule has 0 saturated carbocycles. The number of rotatable bonds is 14. The van der Waals surface area contributed by atoms with E-state index in [1.807, 2.05) is 12.1 Å². The highest BCUT2D eigenvalue weighted by Gasteiger charge is 2.22. The summed E-state index contributed by atoms with van der Waals surface area (Å²) in [5.74, 6) is 0.363. The van der Waals surface area contributed by atoms with Gasteiger partial charge in [-0.15, -0.1) is 0 Å². The number of amides is 2. The van der Waals surface area contributed by atoms with E-state index in [1.54, 1.807) is 36.4 Å². The van der Waals surface area contributed by atoms with Crippen molar-refractivity contribution >= 4 is 23.4 Å². The molecule has 1 heterocycles.